The van der Waals surface area contributed by atoms with E-state index in [9.17, 15) is 9.90 Å². The van der Waals surface area contributed by atoms with E-state index >= 15 is 0 Å². The number of aliphatic hydroxyl groups excluding tert-OH is 1. The zero-order valence-corrected chi connectivity index (χ0v) is 13.2. The lowest BCUT2D eigenvalue weighted by atomic mass is 9.94. The molecule has 3 atom stereocenters. The van der Waals surface area contributed by atoms with Gasteiger partial charge in [-0.15, -0.1) is 0 Å². The van der Waals surface area contributed by atoms with Gasteiger partial charge in [0.15, 0.2) is 0 Å². The van der Waals surface area contributed by atoms with Crippen LogP contribution in [0, 0.1) is 5.92 Å². The van der Waals surface area contributed by atoms with Crippen molar-refractivity contribution >= 4 is 5.78 Å². The van der Waals surface area contributed by atoms with Gasteiger partial charge in [0.25, 0.3) is 0 Å². The summed E-state index contributed by atoms with van der Waals surface area (Å²) >= 11 is 0. The highest BCUT2D eigenvalue weighted by Gasteiger charge is 2.22. The van der Waals surface area contributed by atoms with Crippen molar-refractivity contribution in [1.82, 2.24) is 0 Å². The maximum Gasteiger partial charge on any atom is 0.139 e. The molecule has 0 spiro atoms. The second-order valence-electron chi connectivity index (χ2n) is 6.26. The summed E-state index contributed by atoms with van der Waals surface area (Å²) in [5.41, 5.74) is 1.19. The van der Waals surface area contributed by atoms with Crippen LogP contribution in [0.3, 0.4) is 0 Å². The van der Waals surface area contributed by atoms with Crippen molar-refractivity contribution in [3.05, 3.63) is 11.6 Å². The third-order valence-electron chi connectivity index (χ3n) is 4.04. The number of aliphatic hydroxyl groups is 1. The van der Waals surface area contributed by atoms with Crippen LogP contribution in [-0.4, -0.2) is 29.7 Å². The van der Waals surface area contributed by atoms with E-state index in [1.807, 2.05) is 26.8 Å². The van der Waals surface area contributed by atoms with Gasteiger partial charge in [-0.05, 0) is 46.0 Å². The van der Waals surface area contributed by atoms with Crippen molar-refractivity contribution < 1.29 is 14.6 Å². The van der Waals surface area contributed by atoms with Gasteiger partial charge in [-0.25, -0.2) is 0 Å². The third-order valence-corrected chi connectivity index (χ3v) is 4.04. The van der Waals surface area contributed by atoms with Crippen molar-refractivity contribution in [2.75, 3.05) is 6.61 Å². The molecular formula is C17H30O3. The van der Waals surface area contributed by atoms with Crippen molar-refractivity contribution in [3.63, 3.8) is 0 Å². The number of ether oxygens (including phenoxy) is 1. The molecule has 1 heterocycles. The Morgan fingerprint density at radius 2 is 2.15 bits per heavy atom. The molecule has 0 aromatic carbocycles. The van der Waals surface area contributed by atoms with Crippen LogP contribution in [0.1, 0.15) is 65.7 Å². The van der Waals surface area contributed by atoms with E-state index in [0.717, 1.165) is 45.1 Å². The summed E-state index contributed by atoms with van der Waals surface area (Å²) in [6.45, 7) is 6.80. The number of Topliss-reactive ketones (excluding diaryl/α,β-unsaturated/α-hetero) is 1. The number of allylic oxidation sites excluding steroid dienone is 2. The molecule has 1 aliphatic heterocycles. The molecule has 3 heteroatoms. The Morgan fingerprint density at radius 3 is 2.85 bits per heavy atom. The fraction of sp³-hybridized carbons (Fsp3) is 0.824. The van der Waals surface area contributed by atoms with Crippen LogP contribution in [0.15, 0.2) is 11.6 Å². The van der Waals surface area contributed by atoms with Crippen LogP contribution in [0.5, 0.6) is 0 Å². The first-order valence-electron chi connectivity index (χ1n) is 7.96. The molecule has 0 bridgehead atoms. The zero-order chi connectivity index (χ0) is 15.0. The molecule has 1 aliphatic rings. The predicted octanol–water partition coefficient (Wildman–Crippen LogP) is 3.65. The van der Waals surface area contributed by atoms with Crippen LogP contribution in [0.2, 0.25) is 0 Å². The molecule has 3 unspecified atom stereocenters. The third kappa shape index (κ3) is 6.67. The topological polar surface area (TPSA) is 46.5 Å². The van der Waals surface area contributed by atoms with E-state index in [1.165, 1.54) is 5.57 Å². The molecule has 0 aromatic rings. The van der Waals surface area contributed by atoms with Gasteiger partial charge in [-0.3, -0.25) is 4.79 Å². The Kier molecular flexibility index (Phi) is 8.08. The Hall–Kier alpha value is -0.670. The number of carbonyl (C=O) groups is 1. The molecule has 0 aliphatic carbocycles. The van der Waals surface area contributed by atoms with E-state index in [4.69, 9.17) is 4.74 Å². The molecule has 116 valence electrons. The largest absolute Gasteiger partial charge is 0.390 e. The highest BCUT2D eigenvalue weighted by Crippen LogP contribution is 2.20. The Bertz CT molecular complexity index is 318. The summed E-state index contributed by atoms with van der Waals surface area (Å²) in [5.74, 6) is 0.419. The van der Waals surface area contributed by atoms with E-state index in [2.05, 4.69) is 0 Å². The highest BCUT2D eigenvalue weighted by atomic mass is 16.5. The number of hydrogen-bond donors (Lipinski definition) is 1. The van der Waals surface area contributed by atoms with Gasteiger partial charge in [0.2, 0.25) is 0 Å². The van der Waals surface area contributed by atoms with Crippen molar-refractivity contribution in [2.45, 2.75) is 77.9 Å². The first-order chi connectivity index (χ1) is 9.50. The normalized spacial score (nSPS) is 24.8. The van der Waals surface area contributed by atoms with Gasteiger partial charge >= 0.3 is 0 Å². The maximum atomic E-state index is 11.9. The minimum atomic E-state index is -0.325. The minimum Gasteiger partial charge on any atom is -0.390 e. The molecule has 0 radical (unpaired) electrons. The van der Waals surface area contributed by atoms with Gasteiger partial charge in [0.05, 0.1) is 12.2 Å². The van der Waals surface area contributed by atoms with E-state index in [0.29, 0.717) is 12.2 Å². The Morgan fingerprint density at radius 1 is 1.40 bits per heavy atom. The first-order valence-corrected chi connectivity index (χ1v) is 7.96. The lowest BCUT2D eigenvalue weighted by Crippen LogP contribution is -2.27. The smallest absolute Gasteiger partial charge is 0.139 e. The molecular weight excluding hydrogens is 252 g/mol. The summed E-state index contributed by atoms with van der Waals surface area (Å²) in [7, 11) is 0. The summed E-state index contributed by atoms with van der Waals surface area (Å²) < 4.78 is 5.69. The van der Waals surface area contributed by atoms with Gasteiger partial charge in [-0.1, -0.05) is 25.0 Å². The highest BCUT2D eigenvalue weighted by molar-refractivity contribution is 5.82. The van der Waals surface area contributed by atoms with Crippen LogP contribution in [0.4, 0.5) is 0 Å². The lowest BCUT2D eigenvalue weighted by molar-refractivity contribution is -0.121. The van der Waals surface area contributed by atoms with Crippen LogP contribution < -0.4 is 0 Å². The standard InChI is InChI=1S/C17H30O3/c1-13(2)10-11-15(18)14(3)7-6-9-17-16(19)8-4-5-12-20-17/h10,14,16-17,19H,4-9,11-12H2,1-3H3. The molecule has 0 aromatic heterocycles. The minimum absolute atomic E-state index is 0.0300. The molecule has 1 saturated heterocycles. The van der Waals surface area contributed by atoms with Crippen molar-refractivity contribution in [3.8, 4) is 0 Å². The van der Waals surface area contributed by atoms with Crippen LogP contribution in [-0.2, 0) is 9.53 Å². The summed E-state index contributed by atoms with van der Waals surface area (Å²) in [4.78, 5) is 11.9. The Balaban J connectivity index is 2.25. The number of carbonyl (C=O) groups excluding carboxylic acids is 1. The first kappa shape index (κ1) is 17.4. The number of hydrogen-bond acceptors (Lipinski definition) is 3. The van der Waals surface area contributed by atoms with E-state index in [1.54, 1.807) is 0 Å². The quantitative estimate of drug-likeness (QED) is 0.725. The molecule has 0 saturated carbocycles. The zero-order valence-electron chi connectivity index (χ0n) is 13.2. The average molecular weight is 282 g/mol. The fourth-order valence-electron chi connectivity index (χ4n) is 2.56. The van der Waals surface area contributed by atoms with E-state index < -0.39 is 0 Å². The maximum absolute atomic E-state index is 11.9. The second kappa shape index (κ2) is 9.30. The fourth-order valence-corrected chi connectivity index (χ4v) is 2.56. The molecule has 1 N–H and O–H groups in total. The molecule has 1 rings (SSSR count). The molecule has 1 fully saturated rings. The number of ketones is 1. The predicted molar refractivity (Wildman–Crippen MR) is 81.7 cm³/mol. The van der Waals surface area contributed by atoms with E-state index in [-0.39, 0.29) is 18.1 Å². The van der Waals surface area contributed by atoms with Crippen LogP contribution in [0.25, 0.3) is 0 Å². The van der Waals surface area contributed by atoms with Crippen molar-refractivity contribution in [2.24, 2.45) is 5.92 Å². The van der Waals surface area contributed by atoms with Crippen LogP contribution >= 0.6 is 0 Å². The molecule has 3 nitrogen and oxygen atoms in total. The summed E-state index contributed by atoms with van der Waals surface area (Å²) in [6.07, 6.45) is 7.84. The monoisotopic (exact) mass is 282 g/mol. The summed E-state index contributed by atoms with van der Waals surface area (Å²) in [5, 5.41) is 9.97. The lowest BCUT2D eigenvalue weighted by Gasteiger charge is -2.21. The van der Waals surface area contributed by atoms with Gasteiger partial charge < -0.3 is 9.84 Å². The van der Waals surface area contributed by atoms with Gasteiger partial charge in [-0.2, -0.15) is 0 Å². The summed E-state index contributed by atoms with van der Waals surface area (Å²) in [6, 6.07) is 0. The van der Waals surface area contributed by atoms with Crippen molar-refractivity contribution in [1.29, 1.82) is 0 Å². The molecule has 0 amide bonds. The van der Waals surface area contributed by atoms with Gasteiger partial charge in [0, 0.05) is 18.9 Å². The van der Waals surface area contributed by atoms with Gasteiger partial charge in [0.1, 0.15) is 5.78 Å². The molecule has 20 heavy (non-hydrogen) atoms. The second-order valence-corrected chi connectivity index (χ2v) is 6.26. The average Bonchev–Trinajstić information content (AvgIpc) is 2.61. The Labute approximate surface area is 123 Å². The number of rotatable bonds is 7. The SMILES string of the molecule is CC(C)=CCC(=O)C(C)CCCC1OCCCCC1O.